The third-order valence-electron chi connectivity index (χ3n) is 5.24. The predicted octanol–water partition coefficient (Wildman–Crippen LogP) is 3.55. The Balaban J connectivity index is 1.45. The highest BCUT2D eigenvalue weighted by molar-refractivity contribution is 7.99. The predicted molar refractivity (Wildman–Crippen MR) is 112 cm³/mol. The summed E-state index contributed by atoms with van der Waals surface area (Å²) in [7, 11) is 0. The van der Waals surface area contributed by atoms with Crippen molar-refractivity contribution >= 4 is 35.0 Å². The van der Waals surface area contributed by atoms with E-state index in [1.807, 2.05) is 0 Å². The molecule has 1 saturated heterocycles. The molecular formula is C19H24N6O3S. The van der Waals surface area contributed by atoms with Crippen molar-refractivity contribution in [1.29, 1.82) is 0 Å². The third kappa shape index (κ3) is 4.36. The normalized spacial score (nSPS) is 16.7. The number of anilines is 2. The number of hydrogen-bond acceptors (Lipinski definition) is 7. The van der Waals surface area contributed by atoms with Crippen LogP contribution >= 0.6 is 11.8 Å². The summed E-state index contributed by atoms with van der Waals surface area (Å²) < 4.78 is 2.17. The van der Waals surface area contributed by atoms with Crippen molar-refractivity contribution in [2.75, 3.05) is 29.1 Å². The number of aryl methyl sites for hydroxylation is 1. The van der Waals surface area contributed by atoms with Crippen LogP contribution in [0.25, 0.3) is 0 Å². The second-order valence-corrected chi connectivity index (χ2v) is 8.44. The lowest BCUT2D eigenvalue weighted by atomic mass is 10.1. The van der Waals surface area contributed by atoms with Crippen molar-refractivity contribution in [3.63, 3.8) is 0 Å². The Hall–Kier alpha value is -2.62. The van der Waals surface area contributed by atoms with Crippen LogP contribution in [-0.4, -0.2) is 44.4 Å². The van der Waals surface area contributed by atoms with E-state index in [9.17, 15) is 14.9 Å². The van der Waals surface area contributed by atoms with Crippen LogP contribution in [0, 0.1) is 17.0 Å². The molecule has 2 aliphatic rings. The van der Waals surface area contributed by atoms with E-state index in [1.165, 1.54) is 24.2 Å². The number of hydrogen-bond donors (Lipinski definition) is 1. The van der Waals surface area contributed by atoms with Gasteiger partial charge in [-0.3, -0.25) is 19.5 Å². The standard InChI is InChI=1S/C19H24N6O3S/c1-13-6-5-7-15(25(27)28)17(13)20-16(26)12-29-19-22-21-18(24(19)14-8-9-14)23-10-3-2-4-11-23/h5-7,14H,2-4,8-12H2,1H3,(H,20,26). The van der Waals surface area contributed by atoms with Crippen LogP contribution in [0.3, 0.4) is 0 Å². The number of nitro benzene ring substituents is 1. The Morgan fingerprint density at radius 1 is 1.28 bits per heavy atom. The maximum atomic E-state index is 12.5. The van der Waals surface area contributed by atoms with Crippen LogP contribution < -0.4 is 10.2 Å². The number of benzene rings is 1. The van der Waals surface area contributed by atoms with Gasteiger partial charge in [0, 0.05) is 25.2 Å². The summed E-state index contributed by atoms with van der Waals surface area (Å²) in [6, 6.07) is 5.15. The van der Waals surface area contributed by atoms with Gasteiger partial charge >= 0.3 is 0 Å². The Morgan fingerprint density at radius 2 is 2.03 bits per heavy atom. The van der Waals surface area contributed by atoms with Crippen LogP contribution in [0.2, 0.25) is 0 Å². The fraction of sp³-hybridized carbons (Fsp3) is 0.526. The summed E-state index contributed by atoms with van der Waals surface area (Å²) in [4.78, 5) is 25.5. The number of nitro groups is 1. The van der Waals surface area contributed by atoms with Gasteiger partial charge in [0.25, 0.3) is 5.69 Å². The van der Waals surface area contributed by atoms with Crippen LogP contribution in [0.4, 0.5) is 17.3 Å². The molecule has 2 heterocycles. The van der Waals surface area contributed by atoms with Gasteiger partial charge < -0.3 is 10.2 Å². The van der Waals surface area contributed by atoms with E-state index < -0.39 is 4.92 Å². The zero-order chi connectivity index (χ0) is 20.4. The molecule has 10 heteroatoms. The Morgan fingerprint density at radius 3 is 2.72 bits per heavy atom. The average molecular weight is 417 g/mol. The molecule has 1 aromatic carbocycles. The summed E-state index contributed by atoms with van der Waals surface area (Å²) >= 11 is 1.33. The van der Waals surface area contributed by atoms with Gasteiger partial charge in [-0.05, 0) is 44.6 Å². The molecule has 0 unspecified atom stereocenters. The SMILES string of the molecule is Cc1cccc([N+](=O)[O-])c1NC(=O)CSc1nnc(N2CCCCC2)n1C1CC1. The number of carbonyl (C=O) groups excluding carboxylic acids is 1. The zero-order valence-corrected chi connectivity index (χ0v) is 17.2. The van der Waals surface area contributed by atoms with Crippen molar-refractivity contribution in [2.24, 2.45) is 0 Å². The van der Waals surface area contributed by atoms with Gasteiger partial charge in [0.2, 0.25) is 11.9 Å². The summed E-state index contributed by atoms with van der Waals surface area (Å²) in [5, 5.41) is 23.4. The quantitative estimate of drug-likeness (QED) is 0.418. The molecule has 0 radical (unpaired) electrons. The summed E-state index contributed by atoms with van der Waals surface area (Å²) in [5.41, 5.74) is 0.809. The summed E-state index contributed by atoms with van der Waals surface area (Å²) in [6.45, 7) is 3.73. The van der Waals surface area contributed by atoms with Gasteiger partial charge in [-0.1, -0.05) is 23.9 Å². The van der Waals surface area contributed by atoms with Crippen LogP contribution in [0.1, 0.15) is 43.7 Å². The first-order valence-electron chi connectivity index (χ1n) is 9.91. The highest BCUT2D eigenvalue weighted by Gasteiger charge is 2.32. The maximum absolute atomic E-state index is 12.5. The Labute approximate surface area is 173 Å². The molecule has 0 spiro atoms. The second-order valence-electron chi connectivity index (χ2n) is 7.49. The number of aromatic nitrogens is 3. The molecule has 29 heavy (non-hydrogen) atoms. The Bertz CT molecular complexity index is 921. The smallest absolute Gasteiger partial charge is 0.293 e. The molecule has 0 atom stereocenters. The van der Waals surface area contributed by atoms with Gasteiger partial charge in [0.1, 0.15) is 5.69 Å². The van der Waals surface area contributed by atoms with Crippen molar-refractivity contribution < 1.29 is 9.72 Å². The molecule has 1 amide bonds. The van der Waals surface area contributed by atoms with Gasteiger partial charge in [-0.25, -0.2) is 0 Å². The summed E-state index contributed by atoms with van der Waals surface area (Å²) in [6.07, 6.45) is 5.79. The molecule has 1 aromatic heterocycles. The fourth-order valence-corrected chi connectivity index (χ4v) is 4.40. The first-order chi connectivity index (χ1) is 14.0. The number of nitrogens with one attached hydrogen (secondary N) is 1. The minimum atomic E-state index is -0.482. The zero-order valence-electron chi connectivity index (χ0n) is 16.3. The van der Waals surface area contributed by atoms with E-state index in [-0.39, 0.29) is 23.0 Å². The highest BCUT2D eigenvalue weighted by atomic mass is 32.2. The molecule has 2 aromatic rings. The van der Waals surface area contributed by atoms with Crippen molar-refractivity contribution in [3.05, 3.63) is 33.9 Å². The topological polar surface area (TPSA) is 106 Å². The highest BCUT2D eigenvalue weighted by Crippen LogP contribution is 2.41. The fourth-order valence-electron chi connectivity index (χ4n) is 3.60. The van der Waals surface area contributed by atoms with Gasteiger partial charge in [-0.15, -0.1) is 10.2 Å². The molecule has 1 N–H and O–H groups in total. The summed E-state index contributed by atoms with van der Waals surface area (Å²) in [5.74, 6) is 0.734. The Kier molecular flexibility index (Phi) is 5.70. The van der Waals surface area contributed by atoms with Gasteiger partial charge in [-0.2, -0.15) is 0 Å². The molecule has 9 nitrogen and oxygen atoms in total. The van der Waals surface area contributed by atoms with E-state index in [0.717, 1.165) is 49.9 Å². The maximum Gasteiger partial charge on any atom is 0.293 e. The largest absolute Gasteiger partial charge is 0.341 e. The van der Waals surface area contributed by atoms with E-state index >= 15 is 0 Å². The molecule has 1 saturated carbocycles. The molecule has 154 valence electrons. The molecule has 0 bridgehead atoms. The average Bonchev–Trinajstić information content (AvgIpc) is 3.47. The number of carbonyl (C=O) groups is 1. The molecular weight excluding hydrogens is 392 g/mol. The first-order valence-corrected chi connectivity index (χ1v) is 10.9. The number of piperidine rings is 1. The molecule has 1 aliphatic carbocycles. The minimum absolute atomic E-state index is 0.100. The lowest BCUT2D eigenvalue weighted by Crippen LogP contribution is -2.32. The van der Waals surface area contributed by atoms with Crippen molar-refractivity contribution in [1.82, 2.24) is 14.8 Å². The number of thioether (sulfide) groups is 1. The lowest BCUT2D eigenvalue weighted by Gasteiger charge is -2.27. The molecule has 4 rings (SSSR count). The van der Waals surface area contributed by atoms with Gasteiger partial charge in [0.05, 0.1) is 10.7 Å². The van der Waals surface area contributed by atoms with E-state index in [0.29, 0.717) is 11.6 Å². The van der Waals surface area contributed by atoms with Crippen molar-refractivity contribution in [2.45, 2.75) is 50.2 Å². The third-order valence-corrected chi connectivity index (χ3v) is 6.18. The van der Waals surface area contributed by atoms with Gasteiger partial charge in [0.15, 0.2) is 5.16 Å². The number of nitrogens with zero attached hydrogens (tertiary/aromatic N) is 5. The number of amides is 1. The van der Waals surface area contributed by atoms with Crippen LogP contribution in [0.15, 0.2) is 23.4 Å². The van der Waals surface area contributed by atoms with Crippen LogP contribution in [0.5, 0.6) is 0 Å². The van der Waals surface area contributed by atoms with E-state index in [1.54, 1.807) is 19.1 Å². The van der Waals surface area contributed by atoms with Crippen molar-refractivity contribution in [3.8, 4) is 0 Å². The number of para-hydroxylation sites is 1. The molecule has 1 aliphatic heterocycles. The van der Waals surface area contributed by atoms with E-state index in [2.05, 4.69) is 25.0 Å². The first kappa shape index (κ1) is 19.7. The molecule has 2 fully saturated rings. The minimum Gasteiger partial charge on any atom is -0.341 e. The lowest BCUT2D eigenvalue weighted by molar-refractivity contribution is -0.384. The van der Waals surface area contributed by atoms with E-state index in [4.69, 9.17) is 0 Å². The monoisotopic (exact) mass is 416 g/mol. The number of rotatable bonds is 7. The van der Waals surface area contributed by atoms with Crippen LogP contribution in [-0.2, 0) is 4.79 Å². The second kappa shape index (κ2) is 8.40.